The van der Waals surface area contributed by atoms with Crippen molar-refractivity contribution in [3.8, 4) is 0 Å². The Morgan fingerprint density at radius 1 is 1.03 bits per heavy atom. The van der Waals surface area contributed by atoms with Crippen LogP contribution in [0.4, 0.5) is 4.79 Å². The van der Waals surface area contributed by atoms with E-state index in [1.807, 2.05) is 20.8 Å². The van der Waals surface area contributed by atoms with E-state index in [0.29, 0.717) is 0 Å². The smallest absolute Gasteiger partial charge is 0.408 e. The first-order valence-electron chi connectivity index (χ1n) is 12.2. The van der Waals surface area contributed by atoms with Crippen LogP contribution in [0.25, 0.3) is 0 Å². The molecule has 2 atom stereocenters. The second-order valence-corrected chi connectivity index (χ2v) is 11.6. The van der Waals surface area contributed by atoms with E-state index in [1.165, 1.54) is 11.3 Å². The van der Waals surface area contributed by atoms with E-state index in [2.05, 4.69) is 25.7 Å². The van der Waals surface area contributed by atoms with Gasteiger partial charge < -0.3 is 35.6 Å². The number of aliphatic hydroxyl groups is 2. The fourth-order valence-corrected chi connectivity index (χ4v) is 5.95. The number of carbonyl (C=O) groups is 4. The molecule has 1 aromatic heterocycles. The van der Waals surface area contributed by atoms with Gasteiger partial charge in [0.25, 0.3) is 5.91 Å². The molecule has 4 rings (SSSR count). The number of esters is 1. The molecule has 0 saturated heterocycles. The normalized spacial score (nSPS) is 24.5. The van der Waals surface area contributed by atoms with E-state index < -0.39 is 54.8 Å². The van der Waals surface area contributed by atoms with Gasteiger partial charge in [0.15, 0.2) is 6.04 Å². The molecule has 12 nitrogen and oxygen atoms in total. The SMILES string of the molecule is COC(=O)[C@H](CO)NC(=O)[C@H](CO)NC(=O)c1csc(C23CCC(NC(=O)OC(C)(C)C)(CC2)CC3)n1. The molecule has 0 aromatic carbocycles. The summed E-state index contributed by atoms with van der Waals surface area (Å²) in [5.74, 6) is -2.34. The lowest BCUT2D eigenvalue weighted by atomic mass is 9.57. The molecular weight excluding hydrogens is 504 g/mol. The standard InChI is InChI=1S/C24H36N4O8S/c1-22(2,3)36-21(34)28-24-8-5-23(6-9-24,7-10-24)20-27-16(13-37-20)18(32)25-14(11-29)17(31)26-15(12-30)19(33)35-4/h13-15,29-30H,5-12H2,1-4H3,(H,25,32)(H,26,31)(H,28,34)/t14-,15-,23?,24?/m0/s1. The summed E-state index contributed by atoms with van der Waals surface area (Å²) in [7, 11) is 1.11. The highest BCUT2D eigenvalue weighted by atomic mass is 32.1. The summed E-state index contributed by atoms with van der Waals surface area (Å²) >= 11 is 1.38. The summed E-state index contributed by atoms with van der Waals surface area (Å²) in [6, 6.07) is -2.67. The van der Waals surface area contributed by atoms with Crippen LogP contribution in [0.1, 0.15) is 74.8 Å². The number of aromatic nitrogens is 1. The highest BCUT2D eigenvalue weighted by molar-refractivity contribution is 7.10. The Balaban J connectivity index is 1.61. The van der Waals surface area contributed by atoms with Crippen molar-refractivity contribution in [2.45, 2.75) is 87.9 Å². The highest BCUT2D eigenvalue weighted by Crippen LogP contribution is 2.54. The summed E-state index contributed by atoms with van der Waals surface area (Å²) in [6.45, 7) is 4.07. The third-order valence-corrected chi connectivity index (χ3v) is 8.08. The molecule has 5 N–H and O–H groups in total. The van der Waals surface area contributed by atoms with Gasteiger partial charge in [0, 0.05) is 16.3 Å². The van der Waals surface area contributed by atoms with E-state index in [-0.39, 0.29) is 16.6 Å². The molecule has 206 valence electrons. The topological polar surface area (TPSA) is 176 Å². The number of nitrogens with zero attached hydrogens (tertiary/aromatic N) is 1. The molecule has 0 unspecified atom stereocenters. The van der Waals surface area contributed by atoms with Crippen molar-refractivity contribution in [1.82, 2.24) is 20.9 Å². The van der Waals surface area contributed by atoms with Gasteiger partial charge in [-0.15, -0.1) is 11.3 Å². The molecule has 1 heterocycles. The van der Waals surface area contributed by atoms with Gasteiger partial charge in [-0.1, -0.05) is 0 Å². The van der Waals surface area contributed by atoms with Gasteiger partial charge in [0.05, 0.1) is 25.3 Å². The largest absolute Gasteiger partial charge is 0.467 e. The number of hydrogen-bond donors (Lipinski definition) is 5. The summed E-state index contributed by atoms with van der Waals surface area (Å²) in [5.41, 5.74) is -0.909. The van der Waals surface area contributed by atoms with E-state index in [1.54, 1.807) is 5.38 Å². The fourth-order valence-electron chi connectivity index (χ4n) is 4.86. The second-order valence-electron chi connectivity index (χ2n) is 10.7. The number of methoxy groups -OCH3 is 1. The number of carbonyl (C=O) groups excluding carboxylic acids is 4. The van der Waals surface area contributed by atoms with Gasteiger partial charge in [0.1, 0.15) is 17.3 Å². The quantitative estimate of drug-likeness (QED) is 0.283. The minimum absolute atomic E-state index is 0.126. The molecule has 2 bridgehead atoms. The lowest BCUT2D eigenvalue weighted by Crippen LogP contribution is -2.58. The zero-order valence-electron chi connectivity index (χ0n) is 21.6. The number of alkyl carbamates (subject to hydrolysis) is 1. The van der Waals surface area contributed by atoms with Gasteiger partial charge in [-0.05, 0) is 59.3 Å². The number of nitrogens with one attached hydrogen (secondary N) is 3. The van der Waals surface area contributed by atoms with Gasteiger partial charge in [0.2, 0.25) is 5.91 Å². The van der Waals surface area contributed by atoms with Crippen molar-refractivity contribution < 1.29 is 38.9 Å². The van der Waals surface area contributed by atoms with Crippen molar-refractivity contribution in [3.05, 3.63) is 16.1 Å². The molecule has 0 spiro atoms. The molecule has 37 heavy (non-hydrogen) atoms. The maximum Gasteiger partial charge on any atom is 0.408 e. The molecule has 3 saturated carbocycles. The van der Waals surface area contributed by atoms with E-state index in [0.717, 1.165) is 50.6 Å². The number of fused-ring (bicyclic) bond motifs is 3. The Labute approximate surface area is 219 Å². The monoisotopic (exact) mass is 540 g/mol. The van der Waals surface area contributed by atoms with Crippen molar-refractivity contribution in [1.29, 1.82) is 0 Å². The first kappa shape index (κ1) is 28.8. The molecule has 1 aromatic rings. The average Bonchev–Trinajstić information content (AvgIpc) is 3.36. The summed E-state index contributed by atoms with van der Waals surface area (Å²) in [4.78, 5) is 53.7. The Morgan fingerprint density at radius 2 is 1.62 bits per heavy atom. The fraction of sp³-hybridized carbons (Fsp3) is 0.708. The number of amides is 3. The van der Waals surface area contributed by atoms with Crippen LogP contribution in [0.2, 0.25) is 0 Å². The predicted molar refractivity (Wildman–Crippen MR) is 133 cm³/mol. The first-order valence-corrected chi connectivity index (χ1v) is 13.1. The zero-order valence-corrected chi connectivity index (χ0v) is 22.4. The molecule has 3 aliphatic carbocycles. The number of rotatable bonds is 9. The van der Waals surface area contributed by atoms with Crippen LogP contribution in [0.3, 0.4) is 0 Å². The van der Waals surface area contributed by atoms with E-state index in [4.69, 9.17) is 4.74 Å². The minimum atomic E-state index is -1.35. The third-order valence-electron chi connectivity index (χ3n) is 6.99. The number of aliphatic hydroxyl groups excluding tert-OH is 2. The summed E-state index contributed by atoms with van der Waals surface area (Å²) in [6.07, 6.45) is 4.39. The molecule has 3 amide bonds. The van der Waals surface area contributed by atoms with Crippen LogP contribution < -0.4 is 16.0 Å². The Morgan fingerprint density at radius 3 is 2.14 bits per heavy atom. The predicted octanol–water partition coefficient (Wildman–Crippen LogP) is 0.753. The van der Waals surface area contributed by atoms with Gasteiger partial charge in [-0.3, -0.25) is 9.59 Å². The second kappa shape index (κ2) is 11.3. The molecule has 0 radical (unpaired) electrons. The molecule has 13 heteroatoms. The Hall–Kier alpha value is -2.77. The number of thiazole rings is 1. The first-order chi connectivity index (χ1) is 17.4. The molecular formula is C24H36N4O8S. The average molecular weight is 541 g/mol. The van der Waals surface area contributed by atoms with Crippen molar-refractivity contribution in [2.75, 3.05) is 20.3 Å². The summed E-state index contributed by atoms with van der Waals surface area (Å²) in [5, 5.41) is 29.1. The van der Waals surface area contributed by atoms with Crippen LogP contribution in [-0.2, 0) is 24.5 Å². The van der Waals surface area contributed by atoms with E-state index >= 15 is 0 Å². The van der Waals surface area contributed by atoms with Crippen LogP contribution in [0, 0.1) is 0 Å². The Kier molecular flexibility index (Phi) is 8.81. The molecule has 0 aliphatic heterocycles. The lowest BCUT2D eigenvalue weighted by molar-refractivity contribution is -0.146. The van der Waals surface area contributed by atoms with Gasteiger partial charge in [-0.25, -0.2) is 14.6 Å². The summed E-state index contributed by atoms with van der Waals surface area (Å²) < 4.78 is 9.94. The maximum atomic E-state index is 12.8. The minimum Gasteiger partial charge on any atom is -0.467 e. The molecule has 3 fully saturated rings. The maximum absolute atomic E-state index is 12.8. The van der Waals surface area contributed by atoms with Crippen LogP contribution in [0.15, 0.2) is 5.38 Å². The number of ether oxygens (including phenoxy) is 2. The Bertz CT molecular complexity index is 996. The molecule has 3 aliphatic rings. The highest BCUT2D eigenvalue weighted by Gasteiger charge is 2.51. The lowest BCUT2D eigenvalue weighted by Gasteiger charge is -2.52. The van der Waals surface area contributed by atoms with Crippen LogP contribution in [-0.4, -0.2) is 82.6 Å². The van der Waals surface area contributed by atoms with Crippen LogP contribution >= 0.6 is 11.3 Å². The number of hydrogen-bond acceptors (Lipinski definition) is 10. The van der Waals surface area contributed by atoms with Gasteiger partial charge in [-0.2, -0.15) is 0 Å². The van der Waals surface area contributed by atoms with Crippen molar-refractivity contribution in [3.63, 3.8) is 0 Å². The van der Waals surface area contributed by atoms with Crippen LogP contribution in [0.5, 0.6) is 0 Å². The van der Waals surface area contributed by atoms with Gasteiger partial charge >= 0.3 is 12.1 Å². The zero-order chi connectivity index (χ0) is 27.4. The third kappa shape index (κ3) is 6.76. The van der Waals surface area contributed by atoms with Crippen molar-refractivity contribution >= 4 is 35.2 Å². The van der Waals surface area contributed by atoms with E-state index in [9.17, 15) is 29.4 Å². The van der Waals surface area contributed by atoms with Crippen molar-refractivity contribution in [2.24, 2.45) is 0 Å².